The molecule has 0 amide bonds. The van der Waals surface area contributed by atoms with Gasteiger partial charge in [-0.05, 0) is 14.1 Å². The maximum absolute atomic E-state index is 4.11. The van der Waals surface area contributed by atoms with Crippen molar-refractivity contribution in [3.05, 3.63) is 5.43 Å². The van der Waals surface area contributed by atoms with Crippen molar-refractivity contribution >= 4 is 0 Å². The lowest BCUT2D eigenvalue weighted by Crippen LogP contribution is -2.10. The first-order valence-corrected chi connectivity index (χ1v) is 2.51. The summed E-state index contributed by atoms with van der Waals surface area (Å²) < 4.78 is 0. The van der Waals surface area contributed by atoms with E-state index in [2.05, 4.69) is 19.3 Å². The van der Waals surface area contributed by atoms with Crippen molar-refractivity contribution in [2.24, 2.45) is 0 Å². The molecule has 0 N–H and O–H groups in total. The predicted octanol–water partition coefficient (Wildman–Crippen LogP) is 1.25. The van der Waals surface area contributed by atoms with Crippen molar-refractivity contribution in [3.8, 4) is 0 Å². The molecule has 7 heavy (non-hydrogen) atoms. The second-order valence-corrected chi connectivity index (χ2v) is 2.06. The second kappa shape index (κ2) is 2.99. The van der Waals surface area contributed by atoms with Crippen LogP contribution < -0.4 is 0 Å². The zero-order chi connectivity index (χ0) is 5.86. The standard InChI is InChI=1S/C5H13N2/c1-5(2)6-7(3)4/h5H,1-4H3/q-1. The monoisotopic (exact) mass is 101 g/mol. The Balaban J connectivity index is 2.95. The van der Waals surface area contributed by atoms with Crippen LogP contribution in [0.1, 0.15) is 13.8 Å². The minimum absolute atomic E-state index is 0.426. The highest BCUT2D eigenvalue weighted by Gasteiger charge is 1.73. The topological polar surface area (TPSA) is 17.3 Å². The smallest absolute Gasteiger partial charge is 0.0319 e. The Morgan fingerprint density at radius 1 is 1.29 bits per heavy atom. The van der Waals surface area contributed by atoms with Crippen molar-refractivity contribution in [3.63, 3.8) is 0 Å². The maximum Gasteiger partial charge on any atom is -0.0319 e. The van der Waals surface area contributed by atoms with Crippen LogP contribution in [-0.2, 0) is 0 Å². The van der Waals surface area contributed by atoms with Gasteiger partial charge in [-0.2, -0.15) is 0 Å². The van der Waals surface area contributed by atoms with E-state index in [1.165, 1.54) is 0 Å². The first-order chi connectivity index (χ1) is 3.13. The van der Waals surface area contributed by atoms with Crippen molar-refractivity contribution in [1.82, 2.24) is 5.01 Å². The van der Waals surface area contributed by atoms with Gasteiger partial charge in [0.1, 0.15) is 0 Å². The summed E-state index contributed by atoms with van der Waals surface area (Å²) in [6.07, 6.45) is 0. The van der Waals surface area contributed by atoms with Crippen molar-refractivity contribution in [1.29, 1.82) is 0 Å². The SMILES string of the molecule is CC(C)[N-]N(C)C. The molecule has 0 unspecified atom stereocenters. The van der Waals surface area contributed by atoms with Gasteiger partial charge in [0.2, 0.25) is 0 Å². The van der Waals surface area contributed by atoms with Gasteiger partial charge in [0, 0.05) is 0 Å². The lowest BCUT2D eigenvalue weighted by atomic mass is 10.4. The Bertz CT molecular complexity index is 35.3. The Morgan fingerprint density at radius 2 is 1.71 bits per heavy atom. The van der Waals surface area contributed by atoms with E-state index in [4.69, 9.17) is 0 Å². The zero-order valence-corrected chi connectivity index (χ0v) is 5.47. The molecular formula is C5H13N2-. The highest BCUT2D eigenvalue weighted by molar-refractivity contribution is 4.76. The molecule has 0 rings (SSSR count). The molecule has 2 nitrogen and oxygen atoms in total. The lowest BCUT2D eigenvalue weighted by molar-refractivity contribution is 0.481. The molecule has 0 radical (unpaired) electrons. The lowest BCUT2D eigenvalue weighted by Gasteiger charge is -2.32. The van der Waals surface area contributed by atoms with Crippen LogP contribution in [0.2, 0.25) is 0 Å². The fraction of sp³-hybridized carbons (Fsp3) is 1.00. The molecule has 0 aromatic rings. The third-order valence-electron chi connectivity index (χ3n) is 0.462. The molecule has 0 saturated carbocycles. The third kappa shape index (κ3) is 5.92. The molecule has 0 heterocycles. The zero-order valence-electron chi connectivity index (χ0n) is 5.47. The summed E-state index contributed by atoms with van der Waals surface area (Å²) in [5, 5.41) is 1.82. The quantitative estimate of drug-likeness (QED) is 0.478. The first kappa shape index (κ1) is 6.92. The van der Waals surface area contributed by atoms with Gasteiger partial charge in [0.15, 0.2) is 0 Å². The summed E-state index contributed by atoms with van der Waals surface area (Å²) in [5.74, 6) is 0. The van der Waals surface area contributed by atoms with Crippen LogP contribution in [0.15, 0.2) is 0 Å². The van der Waals surface area contributed by atoms with Gasteiger partial charge < -0.3 is 10.4 Å². The number of hydrogen-bond donors (Lipinski definition) is 0. The molecule has 0 aromatic carbocycles. The van der Waals surface area contributed by atoms with Gasteiger partial charge in [-0.15, -0.1) is 6.04 Å². The molecule has 0 fully saturated rings. The molecule has 0 bridgehead atoms. The molecule has 0 saturated heterocycles. The van der Waals surface area contributed by atoms with E-state index in [1.54, 1.807) is 0 Å². The van der Waals surface area contributed by atoms with Crippen LogP contribution in [0, 0.1) is 0 Å². The Labute approximate surface area is 45.5 Å². The summed E-state index contributed by atoms with van der Waals surface area (Å²) in [6, 6.07) is 0.426. The van der Waals surface area contributed by atoms with E-state index in [0.29, 0.717) is 6.04 Å². The van der Waals surface area contributed by atoms with Crippen molar-refractivity contribution < 1.29 is 0 Å². The average Bonchev–Trinajstić information content (AvgIpc) is 1.27. The molecule has 0 aliphatic heterocycles. The Morgan fingerprint density at radius 3 is 1.71 bits per heavy atom. The molecular weight excluding hydrogens is 88.1 g/mol. The summed E-state index contributed by atoms with van der Waals surface area (Å²) in [7, 11) is 3.86. The fourth-order valence-corrected chi connectivity index (χ4v) is 0.462. The van der Waals surface area contributed by atoms with Gasteiger partial charge in [-0.25, -0.2) is 0 Å². The predicted molar refractivity (Wildman–Crippen MR) is 32.2 cm³/mol. The summed E-state index contributed by atoms with van der Waals surface area (Å²) in [4.78, 5) is 0. The molecule has 0 aromatic heterocycles. The molecule has 0 atom stereocenters. The van der Waals surface area contributed by atoms with Gasteiger partial charge in [0.05, 0.1) is 0 Å². The van der Waals surface area contributed by atoms with Crippen LogP contribution >= 0.6 is 0 Å². The molecule has 0 aliphatic carbocycles. The minimum Gasteiger partial charge on any atom is -0.593 e. The maximum atomic E-state index is 4.11. The third-order valence-corrected chi connectivity index (χ3v) is 0.462. The van der Waals surface area contributed by atoms with E-state index in [0.717, 1.165) is 0 Å². The number of hydrogen-bond acceptors (Lipinski definition) is 1. The van der Waals surface area contributed by atoms with Gasteiger partial charge in [0.25, 0.3) is 0 Å². The highest BCUT2D eigenvalue weighted by Crippen LogP contribution is 1.97. The van der Waals surface area contributed by atoms with E-state index in [1.807, 2.05) is 19.1 Å². The van der Waals surface area contributed by atoms with Crippen molar-refractivity contribution in [2.45, 2.75) is 19.9 Å². The van der Waals surface area contributed by atoms with Gasteiger partial charge in [-0.3, -0.25) is 0 Å². The molecule has 0 aliphatic rings. The normalized spacial score (nSPS) is 11.1. The van der Waals surface area contributed by atoms with Crippen LogP contribution in [0.25, 0.3) is 5.43 Å². The minimum atomic E-state index is 0.426. The van der Waals surface area contributed by atoms with E-state index >= 15 is 0 Å². The van der Waals surface area contributed by atoms with Crippen LogP contribution in [-0.4, -0.2) is 25.1 Å². The van der Waals surface area contributed by atoms with E-state index in [9.17, 15) is 0 Å². The highest BCUT2D eigenvalue weighted by atomic mass is 15.5. The van der Waals surface area contributed by atoms with Gasteiger partial charge >= 0.3 is 0 Å². The van der Waals surface area contributed by atoms with Gasteiger partial charge in [-0.1, -0.05) is 13.8 Å². The molecule has 0 spiro atoms. The van der Waals surface area contributed by atoms with Crippen molar-refractivity contribution in [2.75, 3.05) is 14.1 Å². The molecule has 44 valence electrons. The molecule has 2 heteroatoms. The second-order valence-electron chi connectivity index (χ2n) is 2.06. The number of rotatable bonds is 2. The van der Waals surface area contributed by atoms with Crippen LogP contribution in [0.5, 0.6) is 0 Å². The first-order valence-electron chi connectivity index (χ1n) is 2.51. The van der Waals surface area contributed by atoms with Crippen LogP contribution in [0.3, 0.4) is 0 Å². The van der Waals surface area contributed by atoms with E-state index in [-0.39, 0.29) is 0 Å². The Kier molecular flexibility index (Phi) is 2.96. The largest absolute Gasteiger partial charge is 0.593 e. The summed E-state index contributed by atoms with van der Waals surface area (Å²) in [5.41, 5.74) is 4.11. The summed E-state index contributed by atoms with van der Waals surface area (Å²) >= 11 is 0. The fourth-order valence-electron chi connectivity index (χ4n) is 0.462. The van der Waals surface area contributed by atoms with E-state index < -0.39 is 0 Å². The Hall–Kier alpha value is -0.0800. The number of nitrogens with zero attached hydrogens (tertiary/aromatic N) is 2. The average molecular weight is 101 g/mol. The van der Waals surface area contributed by atoms with Crippen LogP contribution in [0.4, 0.5) is 0 Å². The summed E-state index contributed by atoms with van der Waals surface area (Å²) in [6.45, 7) is 4.11.